The molecular formula is C23H36N2O2. The smallest absolute Gasteiger partial charge is 0.234 e. The van der Waals surface area contributed by atoms with Crippen LogP contribution in [0.3, 0.4) is 0 Å². The van der Waals surface area contributed by atoms with Gasteiger partial charge >= 0.3 is 0 Å². The van der Waals surface area contributed by atoms with Gasteiger partial charge in [0.1, 0.15) is 0 Å². The third-order valence-electron chi connectivity index (χ3n) is 6.25. The third kappa shape index (κ3) is 6.05. The van der Waals surface area contributed by atoms with E-state index in [0.29, 0.717) is 18.8 Å². The van der Waals surface area contributed by atoms with Crippen molar-refractivity contribution in [2.24, 2.45) is 0 Å². The van der Waals surface area contributed by atoms with Gasteiger partial charge in [0.25, 0.3) is 0 Å². The van der Waals surface area contributed by atoms with Crippen LogP contribution in [0.2, 0.25) is 0 Å². The van der Waals surface area contributed by atoms with Gasteiger partial charge in [-0.05, 0) is 63.1 Å². The molecule has 1 N–H and O–H groups in total. The monoisotopic (exact) mass is 372 g/mol. The molecule has 1 aromatic rings. The summed E-state index contributed by atoms with van der Waals surface area (Å²) in [5.41, 5.74) is 3.73. The molecule has 1 unspecified atom stereocenters. The van der Waals surface area contributed by atoms with Crippen molar-refractivity contribution in [3.8, 4) is 0 Å². The summed E-state index contributed by atoms with van der Waals surface area (Å²) in [5, 5.41) is 3.16. The number of carbonyl (C=O) groups excluding carboxylic acids is 1. The Kier molecular flexibility index (Phi) is 7.31. The minimum Gasteiger partial charge on any atom is -0.375 e. The first-order valence-corrected chi connectivity index (χ1v) is 10.8. The summed E-state index contributed by atoms with van der Waals surface area (Å²) < 4.78 is 6.30. The first-order chi connectivity index (χ1) is 13.0. The molecule has 4 heteroatoms. The van der Waals surface area contributed by atoms with Crippen LogP contribution in [0.25, 0.3) is 0 Å². The number of nitrogens with one attached hydrogen (secondary N) is 1. The minimum atomic E-state index is 0.0453. The quantitative estimate of drug-likeness (QED) is 0.810. The lowest BCUT2D eigenvalue weighted by atomic mass is 9.97. The normalized spacial score (nSPS) is 21.1. The molecule has 0 bridgehead atoms. The molecule has 2 aliphatic rings. The van der Waals surface area contributed by atoms with Gasteiger partial charge in [-0.3, -0.25) is 9.69 Å². The molecule has 0 radical (unpaired) electrons. The van der Waals surface area contributed by atoms with Gasteiger partial charge in [-0.25, -0.2) is 0 Å². The lowest BCUT2D eigenvalue weighted by molar-refractivity contribution is -0.124. The van der Waals surface area contributed by atoms with E-state index >= 15 is 0 Å². The maximum atomic E-state index is 12.5. The number of carbonyl (C=O) groups is 1. The Bertz CT molecular complexity index is 617. The number of rotatable bonds is 6. The molecule has 0 aromatic heterocycles. The van der Waals surface area contributed by atoms with E-state index in [1.165, 1.54) is 48.8 Å². The molecule has 1 saturated carbocycles. The maximum Gasteiger partial charge on any atom is 0.234 e. The second kappa shape index (κ2) is 9.70. The van der Waals surface area contributed by atoms with Crippen LogP contribution in [0.5, 0.6) is 0 Å². The van der Waals surface area contributed by atoms with E-state index in [4.69, 9.17) is 4.74 Å². The van der Waals surface area contributed by atoms with Gasteiger partial charge in [0.05, 0.1) is 24.8 Å². The number of ether oxygens (including phenoxy) is 1. The molecule has 1 atom stereocenters. The number of nitrogens with zero attached hydrogens (tertiary/aromatic N) is 1. The zero-order valence-corrected chi connectivity index (χ0v) is 17.3. The molecule has 1 aliphatic heterocycles. The Hall–Kier alpha value is -1.39. The molecule has 2 fully saturated rings. The summed E-state index contributed by atoms with van der Waals surface area (Å²) in [6.07, 6.45) is 9.46. The number of likely N-dealkylation sites (tertiary alicyclic amines) is 1. The van der Waals surface area contributed by atoms with E-state index in [0.717, 1.165) is 25.9 Å². The predicted octanol–water partition coefficient (Wildman–Crippen LogP) is 4.29. The highest BCUT2D eigenvalue weighted by molar-refractivity contribution is 5.78. The fourth-order valence-corrected chi connectivity index (χ4v) is 4.28. The first-order valence-electron chi connectivity index (χ1n) is 10.8. The van der Waals surface area contributed by atoms with Crippen molar-refractivity contribution in [2.45, 2.75) is 84.0 Å². The van der Waals surface area contributed by atoms with E-state index < -0.39 is 0 Å². The highest BCUT2D eigenvalue weighted by Crippen LogP contribution is 2.24. The fourth-order valence-electron chi connectivity index (χ4n) is 4.28. The highest BCUT2D eigenvalue weighted by atomic mass is 16.5. The van der Waals surface area contributed by atoms with Crippen LogP contribution in [0, 0.1) is 13.8 Å². The van der Waals surface area contributed by atoms with Gasteiger partial charge in [-0.1, -0.05) is 37.5 Å². The summed E-state index contributed by atoms with van der Waals surface area (Å²) in [6.45, 7) is 8.71. The zero-order chi connectivity index (χ0) is 19.2. The van der Waals surface area contributed by atoms with Crippen molar-refractivity contribution in [2.75, 3.05) is 19.6 Å². The van der Waals surface area contributed by atoms with Crippen LogP contribution in [-0.2, 0) is 9.53 Å². The Morgan fingerprint density at radius 1 is 1.07 bits per heavy atom. The Morgan fingerprint density at radius 2 is 1.74 bits per heavy atom. The average Bonchev–Trinajstić information content (AvgIpc) is 2.66. The van der Waals surface area contributed by atoms with E-state index in [-0.39, 0.29) is 11.9 Å². The Balaban J connectivity index is 1.39. The number of hydrogen-bond acceptors (Lipinski definition) is 3. The highest BCUT2D eigenvalue weighted by Gasteiger charge is 2.25. The predicted molar refractivity (Wildman–Crippen MR) is 110 cm³/mol. The van der Waals surface area contributed by atoms with Crippen molar-refractivity contribution in [1.29, 1.82) is 0 Å². The average molecular weight is 373 g/mol. The summed E-state index contributed by atoms with van der Waals surface area (Å²) in [5.74, 6) is 0.118. The SMILES string of the molecule is Cc1ccc(C(C)NC(=O)CN2CCC(OC3CCCCC3)CC2)cc1C. The van der Waals surface area contributed by atoms with Crippen LogP contribution in [-0.4, -0.2) is 42.6 Å². The van der Waals surface area contributed by atoms with Crippen LogP contribution < -0.4 is 5.32 Å². The second-order valence-corrected chi connectivity index (χ2v) is 8.50. The molecule has 1 heterocycles. The van der Waals surface area contributed by atoms with Gasteiger partial charge in [0, 0.05) is 13.1 Å². The number of aryl methyl sites for hydroxylation is 2. The van der Waals surface area contributed by atoms with Gasteiger partial charge in [0.15, 0.2) is 0 Å². The Labute approximate surface area is 164 Å². The van der Waals surface area contributed by atoms with Crippen LogP contribution in [0.1, 0.15) is 74.6 Å². The minimum absolute atomic E-state index is 0.0453. The molecule has 1 amide bonds. The molecule has 4 nitrogen and oxygen atoms in total. The molecule has 1 aromatic carbocycles. The summed E-state index contributed by atoms with van der Waals surface area (Å²) in [4.78, 5) is 14.7. The molecule has 1 saturated heterocycles. The molecule has 3 rings (SSSR count). The molecule has 1 aliphatic carbocycles. The topological polar surface area (TPSA) is 41.6 Å². The lowest BCUT2D eigenvalue weighted by Gasteiger charge is -2.34. The largest absolute Gasteiger partial charge is 0.375 e. The van der Waals surface area contributed by atoms with E-state index in [1.54, 1.807) is 0 Å². The fraction of sp³-hybridized carbons (Fsp3) is 0.696. The summed E-state index contributed by atoms with van der Waals surface area (Å²) in [6, 6.07) is 6.46. The second-order valence-electron chi connectivity index (χ2n) is 8.50. The number of piperidine rings is 1. The van der Waals surface area contributed by atoms with Gasteiger partial charge in [-0.15, -0.1) is 0 Å². The summed E-state index contributed by atoms with van der Waals surface area (Å²) >= 11 is 0. The van der Waals surface area contributed by atoms with E-state index in [2.05, 4.69) is 49.2 Å². The number of amides is 1. The van der Waals surface area contributed by atoms with Crippen molar-refractivity contribution in [3.63, 3.8) is 0 Å². The maximum absolute atomic E-state index is 12.5. The van der Waals surface area contributed by atoms with Gasteiger partial charge < -0.3 is 10.1 Å². The van der Waals surface area contributed by atoms with E-state index in [9.17, 15) is 4.79 Å². The third-order valence-corrected chi connectivity index (χ3v) is 6.25. The van der Waals surface area contributed by atoms with Gasteiger partial charge in [-0.2, -0.15) is 0 Å². The van der Waals surface area contributed by atoms with Crippen LogP contribution in [0.4, 0.5) is 0 Å². The molecule has 0 spiro atoms. The van der Waals surface area contributed by atoms with Gasteiger partial charge in [0.2, 0.25) is 5.91 Å². The van der Waals surface area contributed by atoms with E-state index in [1.807, 2.05) is 0 Å². The van der Waals surface area contributed by atoms with Crippen molar-refractivity contribution < 1.29 is 9.53 Å². The molecule has 27 heavy (non-hydrogen) atoms. The number of hydrogen-bond donors (Lipinski definition) is 1. The summed E-state index contributed by atoms with van der Waals surface area (Å²) in [7, 11) is 0. The lowest BCUT2D eigenvalue weighted by Crippen LogP contribution is -2.44. The number of benzene rings is 1. The van der Waals surface area contributed by atoms with Crippen LogP contribution in [0.15, 0.2) is 18.2 Å². The Morgan fingerprint density at radius 3 is 2.41 bits per heavy atom. The molecule has 150 valence electrons. The molecular weight excluding hydrogens is 336 g/mol. The standard InChI is InChI=1S/C23H36N2O2/c1-17-9-10-20(15-18(17)2)19(3)24-23(26)16-25-13-11-22(12-14-25)27-21-7-5-4-6-8-21/h9-10,15,19,21-22H,4-8,11-14,16H2,1-3H3,(H,24,26). The van der Waals surface area contributed by atoms with Crippen molar-refractivity contribution in [1.82, 2.24) is 10.2 Å². The first kappa shape index (κ1) is 20.3. The van der Waals surface area contributed by atoms with Crippen molar-refractivity contribution in [3.05, 3.63) is 34.9 Å². The van der Waals surface area contributed by atoms with Crippen molar-refractivity contribution >= 4 is 5.91 Å². The zero-order valence-electron chi connectivity index (χ0n) is 17.3. The van der Waals surface area contributed by atoms with Crippen LogP contribution >= 0.6 is 0 Å².